The summed E-state index contributed by atoms with van der Waals surface area (Å²) in [7, 11) is 0. The van der Waals surface area contributed by atoms with Gasteiger partial charge in [-0.3, -0.25) is 4.40 Å². The molecule has 4 aromatic rings. The Balaban J connectivity index is 1.67. The molecule has 134 valence electrons. The topological polar surface area (TPSA) is 46.0 Å². The van der Waals surface area contributed by atoms with E-state index in [0.29, 0.717) is 0 Å². The molecule has 0 spiro atoms. The van der Waals surface area contributed by atoms with Crippen molar-refractivity contribution in [2.75, 3.05) is 0 Å². The Bertz CT molecular complexity index is 1080. The van der Waals surface area contributed by atoms with E-state index >= 15 is 0 Å². The Morgan fingerprint density at radius 1 is 1.08 bits per heavy atom. The number of aromatic amines is 1. The quantitative estimate of drug-likeness (QED) is 0.494. The lowest BCUT2D eigenvalue weighted by atomic mass is 9.84. The Kier molecular flexibility index (Phi) is 4.07. The number of aryl methyl sites for hydroxylation is 2. The van der Waals surface area contributed by atoms with Crippen LogP contribution >= 0.6 is 11.8 Å². The molecular formula is C21H24N4S. The van der Waals surface area contributed by atoms with Crippen LogP contribution in [0.2, 0.25) is 0 Å². The molecular weight excluding hydrogens is 340 g/mol. The van der Waals surface area contributed by atoms with Crippen molar-refractivity contribution in [3.8, 4) is 0 Å². The second-order valence-electron chi connectivity index (χ2n) is 7.89. The standard InChI is InChI=1S/C21H24N4S/c1-13-10-15(21(3,4)5)11-14(2)16(13)12-26-20-24-23-19-22-17-8-6-7-9-18(17)25(19)20/h6-11H,12H2,1-5H3,(H,22,23). The summed E-state index contributed by atoms with van der Waals surface area (Å²) in [6.07, 6.45) is 0. The molecule has 0 radical (unpaired) electrons. The molecule has 1 N–H and O–H groups in total. The number of rotatable bonds is 3. The van der Waals surface area contributed by atoms with Crippen LogP contribution in [0.4, 0.5) is 0 Å². The van der Waals surface area contributed by atoms with E-state index in [1.807, 2.05) is 18.2 Å². The molecule has 0 atom stereocenters. The van der Waals surface area contributed by atoms with E-state index in [1.165, 1.54) is 22.3 Å². The highest BCUT2D eigenvalue weighted by Gasteiger charge is 2.17. The van der Waals surface area contributed by atoms with Gasteiger partial charge in [0.25, 0.3) is 0 Å². The molecule has 4 nitrogen and oxygen atoms in total. The number of para-hydroxylation sites is 2. The van der Waals surface area contributed by atoms with E-state index in [1.54, 1.807) is 11.8 Å². The van der Waals surface area contributed by atoms with E-state index in [-0.39, 0.29) is 5.41 Å². The number of hydrogen-bond acceptors (Lipinski definition) is 3. The van der Waals surface area contributed by atoms with Crippen molar-refractivity contribution in [2.24, 2.45) is 0 Å². The zero-order valence-electron chi connectivity index (χ0n) is 15.9. The number of H-pyrrole nitrogens is 1. The van der Waals surface area contributed by atoms with Gasteiger partial charge in [-0.15, -0.1) is 5.10 Å². The summed E-state index contributed by atoms with van der Waals surface area (Å²) in [4.78, 5) is 4.60. The Labute approximate surface area is 158 Å². The molecule has 5 heteroatoms. The molecule has 0 amide bonds. The molecule has 0 saturated carbocycles. The average molecular weight is 365 g/mol. The van der Waals surface area contributed by atoms with Gasteiger partial charge in [-0.2, -0.15) is 0 Å². The van der Waals surface area contributed by atoms with Crippen LogP contribution < -0.4 is 0 Å². The second-order valence-corrected chi connectivity index (χ2v) is 8.84. The van der Waals surface area contributed by atoms with Crippen molar-refractivity contribution in [3.63, 3.8) is 0 Å². The summed E-state index contributed by atoms with van der Waals surface area (Å²) in [5.41, 5.74) is 7.74. The van der Waals surface area contributed by atoms with Crippen LogP contribution in [-0.4, -0.2) is 19.6 Å². The van der Waals surface area contributed by atoms with E-state index in [0.717, 1.165) is 27.7 Å². The van der Waals surface area contributed by atoms with Crippen molar-refractivity contribution < 1.29 is 0 Å². The number of thioether (sulfide) groups is 1. The number of imidazole rings is 1. The van der Waals surface area contributed by atoms with Crippen LogP contribution in [0.25, 0.3) is 16.8 Å². The fourth-order valence-electron chi connectivity index (χ4n) is 3.33. The van der Waals surface area contributed by atoms with Gasteiger partial charge < -0.3 is 0 Å². The van der Waals surface area contributed by atoms with Gasteiger partial charge in [-0.25, -0.2) is 10.1 Å². The highest BCUT2D eigenvalue weighted by Crippen LogP contribution is 2.31. The van der Waals surface area contributed by atoms with Gasteiger partial charge in [0.05, 0.1) is 11.0 Å². The fraction of sp³-hybridized carbons (Fsp3) is 0.333. The van der Waals surface area contributed by atoms with E-state index < -0.39 is 0 Å². The van der Waals surface area contributed by atoms with Crippen LogP contribution in [0.3, 0.4) is 0 Å². The summed E-state index contributed by atoms with van der Waals surface area (Å²) >= 11 is 1.75. The number of fused-ring (bicyclic) bond motifs is 3. The Morgan fingerprint density at radius 2 is 1.77 bits per heavy atom. The SMILES string of the molecule is Cc1cc(C(C)(C)C)cc(C)c1CSc1n[nH]c2nc3ccccc3n12. The molecule has 26 heavy (non-hydrogen) atoms. The molecule has 0 unspecified atom stereocenters. The van der Waals surface area contributed by atoms with Crippen molar-refractivity contribution in [1.29, 1.82) is 0 Å². The minimum Gasteiger partial charge on any atom is -0.254 e. The van der Waals surface area contributed by atoms with Gasteiger partial charge in [0.2, 0.25) is 5.78 Å². The third-order valence-corrected chi connectivity index (χ3v) is 5.88. The van der Waals surface area contributed by atoms with E-state index in [9.17, 15) is 0 Å². The first-order valence-electron chi connectivity index (χ1n) is 8.89. The van der Waals surface area contributed by atoms with Crippen molar-refractivity contribution >= 4 is 28.6 Å². The maximum Gasteiger partial charge on any atom is 0.231 e. The average Bonchev–Trinajstić information content (AvgIpc) is 3.12. The Morgan fingerprint density at radius 3 is 2.46 bits per heavy atom. The minimum atomic E-state index is 0.172. The highest BCUT2D eigenvalue weighted by atomic mass is 32.2. The van der Waals surface area contributed by atoms with Gasteiger partial charge in [0.1, 0.15) is 0 Å². The zero-order valence-corrected chi connectivity index (χ0v) is 16.7. The first-order chi connectivity index (χ1) is 12.3. The fourth-order valence-corrected chi connectivity index (χ4v) is 4.48. The monoisotopic (exact) mass is 364 g/mol. The molecule has 2 aromatic carbocycles. The molecule has 2 heterocycles. The van der Waals surface area contributed by atoms with Crippen LogP contribution in [-0.2, 0) is 11.2 Å². The highest BCUT2D eigenvalue weighted by molar-refractivity contribution is 7.98. The van der Waals surface area contributed by atoms with E-state index in [4.69, 9.17) is 0 Å². The van der Waals surface area contributed by atoms with Crippen LogP contribution in [0, 0.1) is 13.8 Å². The smallest absolute Gasteiger partial charge is 0.231 e. The summed E-state index contributed by atoms with van der Waals surface area (Å²) in [6.45, 7) is 11.2. The molecule has 0 aliphatic carbocycles. The molecule has 0 saturated heterocycles. The summed E-state index contributed by atoms with van der Waals surface area (Å²) < 4.78 is 2.11. The molecule has 0 aliphatic heterocycles. The van der Waals surface area contributed by atoms with Crippen molar-refractivity contribution in [1.82, 2.24) is 19.6 Å². The van der Waals surface area contributed by atoms with Crippen molar-refractivity contribution in [3.05, 3.63) is 58.7 Å². The normalized spacial score (nSPS) is 12.3. The van der Waals surface area contributed by atoms with Crippen molar-refractivity contribution in [2.45, 2.75) is 50.9 Å². The number of nitrogens with zero attached hydrogens (tertiary/aromatic N) is 3. The second kappa shape index (κ2) is 6.16. The third kappa shape index (κ3) is 2.90. The third-order valence-electron chi connectivity index (χ3n) is 4.91. The van der Waals surface area contributed by atoms with Gasteiger partial charge >= 0.3 is 0 Å². The predicted molar refractivity (Wildman–Crippen MR) is 109 cm³/mol. The summed E-state index contributed by atoms with van der Waals surface area (Å²) in [6, 6.07) is 12.8. The number of aromatic nitrogens is 4. The van der Waals surface area contributed by atoms with Crippen LogP contribution in [0.1, 0.15) is 43.0 Å². The van der Waals surface area contributed by atoms with Gasteiger partial charge in [0, 0.05) is 5.75 Å². The largest absolute Gasteiger partial charge is 0.254 e. The Hall–Kier alpha value is -2.27. The van der Waals surface area contributed by atoms with Crippen LogP contribution in [0.15, 0.2) is 41.6 Å². The minimum absolute atomic E-state index is 0.172. The van der Waals surface area contributed by atoms with E-state index in [2.05, 4.69) is 72.4 Å². The lowest BCUT2D eigenvalue weighted by molar-refractivity contribution is 0.589. The maximum atomic E-state index is 4.60. The van der Waals surface area contributed by atoms with Crippen LogP contribution in [0.5, 0.6) is 0 Å². The van der Waals surface area contributed by atoms with Gasteiger partial charge in [-0.1, -0.05) is 56.8 Å². The number of hydrogen-bond donors (Lipinski definition) is 1. The number of benzene rings is 2. The van der Waals surface area contributed by atoms with Gasteiger partial charge in [-0.05, 0) is 53.6 Å². The molecule has 4 rings (SSSR count). The summed E-state index contributed by atoms with van der Waals surface area (Å²) in [5, 5.41) is 8.48. The molecule has 0 aliphatic rings. The van der Waals surface area contributed by atoms with Gasteiger partial charge in [0.15, 0.2) is 5.16 Å². The molecule has 0 bridgehead atoms. The molecule has 2 aromatic heterocycles. The summed E-state index contributed by atoms with van der Waals surface area (Å²) in [5.74, 6) is 1.69. The molecule has 0 fully saturated rings. The number of nitrogens with one attached hydrogen (secondary N) is 1. The first kappa shape index (κ1) is 17.2. The zero-order chi connectivity index (χ0) is 18.5. The first-order valence-corrected chi connectivity index (χ1v) is 9.88. The maximum absolute atomic E-state index is 4.60. The lowest BCUT2D eigenvalue weighted by Gasteiger charge is -2.22. The lowest BCUT2D eigenvalue weighted by Crippen LogP contribution is -2.12. The predicted octanol–water partition coefficient (Wildman–Crippen LogP) is 5.42.